The number of ether oxygens (including phenoxy) is 2. The van der Waals surface area contributed by atoms with Crippen LogP contribution < -0.4 is 4.74 Å². The van der Waals surface area contributed by atoms with Crippen LogP contribution in [0.4, 0.5) is 0 Å². The van der Waals surface area contributed by atoms with Gasteiger partial charge in [0.2, 0.25) is 0 Å². The summed E-state index contributed by atoms with van der Waals surface area (Å²) in [4.78, 5) is 0. The van der Waals surface area contributed by atoms with Crippen molar-refractivity contribution in [2.75, 3.05) is 0 Å². The third kappa shape index (κ3) is 4.94. The minimum absolute atomic E-state index is 0.129. The second-order valence-electron chi connectivity index (χ2n) is 10.8. The van der Waals surface area contributed by atoms with Crippen molar-refractivity contribution in [2.24, 2.45) is 0 Å². The maximum absolute atomic E-state index is 9.99. The fourth-order valence-electron chi connectivity index (χ4n) is 5.30. The van der Waals surface area contributed by atoms with Gasteiger partial charge < -0.3 is 24.8 Å². The molecule has 196 valence electrons. The van der Waals surface area contributed by atoms with Crippen LogP contribution in [0.5, 0.6) is 23.0 Å². The van der Waals surface area contributed by atoms with E-state index < -0.39 is 5.60 Å². The average molecular weight is 511 g/mol. The van der Waals surface area contributed by atoms with Crippen LogP contribution in [0, 0.1) is 0 Å². The van der Waals surface area contributed by atoms with E-state index in [9.17, 15) is 15.3 Å². The van der Waals surface area contributed by atoms with Gasteiger partial charge in [-0.05, 0) is 98.5 Å². The van der Waals surface area contributed by atoms with Crippen LogP contribution in [0.25, 0.3) is 0 Å². The molecular weight excluding hydrogens is 476 g/mol. The quantitative estimate of drug-likeness (QED) is 0.220. The monoisotopic (exact) mass is 510 g/mol. The minimum Gasteiger partial charge on any atom is -0.508 e. The second-order valence-corrected chi connectivity index (χ2v) is 10.8. The SMILES string of the molecule is CC1OC1(C)C(C)(C)Oc1ccc(C(c2ccc(O)cc2)C(c2ccc(O)cc2)c2ccc(O)cc2)cc1. The molecule has 3 N–H and O–H groups in total. The van der Waals surface area contributed by atoms with E-state index in [0.717, 1.165) is 28.0 Å². The van der Waals surface area contributed by atoms with Crippen LogP contribution in [0.3, 0.4) is 0 Å². The van der Waals surface area contributed by atoms with Crippen molar-refractivity contribution < 1.29 is 24.8 Å². The molecule has 1 saturated heterocycles. The number of phenolic OH excluding ortho intramolecular Hbond substituents is 3. The zero-order chi connectivity index (χ0) is 27.1. The van der Waals surface area contributed by atoms with Gasteiger partial charge >= 0.3 is 0 Å². The van der Waals surface area contributed by atoms with Gasteiger partial charge in [-0.15, -0.1) is 0 Å². The van der Waals surface area contributed by atoms with Crippen LogP contribution >= 0.6 is 0 Å². The third-order valence-electron chi connectivity index (χ3n) is 8.04. The maximum Gasteiger partial charge on any atom is 0.134 e. The Morgan fingerprint density at radius 1 is 0.632 bits per heavy atom. The first-order valence-corrected chi connectivity index (χ1v) is 12.9. The van der Waals surface area contributed by atoms with E-state index >= 15 is 0 Å². The van der Waals surface area contributed by atoms with E-state index in [1.54, 1.807) is 36.4 Å². The highest BCUT2D eigenvalue weighted by Crippen LogP contribution is 2.47. The van der Waals surface area contributed by atoms with Crippen molar-refractivity contribution in [3.8, 4) is 23.0 Å². The largest absolute Gasteiger partial charge is 0.508 e. The number of benzene rings is 4. The van der Waals surface area contributed by atoms with Gasteiger partial charge in [0.1, 0.15) is 34.2 Å². The standard InChI is InChI=1S/C33H34O5/c1-21-33(4,37-21)32(2,3)38-29-19-11-25(12-20-29)31(24-9-17-28(36)18-10-24)30(22-5-13-26(34)14-6-22)23-7-15-27(35)16-8-23/h5-21,30-31,34-36H,1-4H3. The first-order chi connectivity index (χ1) is 18.1. The molecule has 0 saturated carbocycles. The third-order valence-corrected chi connectivity index (χ3v) is 8.04. The first kappa shape index (κ1) is 25.7. The summed E-state index contributed by atoms with van der Waals surface area (Å²) in [7, 11) is 0. The number of hydrogen-bond acceptors (Lipinski definition) is 5. The van der Waals surface area contributed by atoms with Gasteiger partial charge in [0.05, 0.1) is 6.10 Å². The molecule has 5 nitrogen and oxygen atoms in total. The lowest BCUT2D eigenvalue weighted by atomic mass is 9.73. The van der Waals surface area contributed by atoms with E-state index in [1.165, 1.54) is 0 Å². The number of phenols is 3. The highest BCUT2D eigenvalue weighted by Gasteiger charge is 2.61. The highest BCUT2D eigenvalue weighted by molar-refractivity contribution is 5.48. The van der Waals surface area contributed by atoms with E-state index in [2.05, 4.69) is 39.8 Å². The van der Waals surface area contributed by atoms with Crippen LogP contribution in [-0.2, 0) is 4.74 Å². The zero-order valence-corrected chi connectivity index (χ0v) is 22.1. The molecule has 0 amide bonds. The summed E-state index contributed by atoms with van der Waals surface area (Å²) in [6.45, 7) is 8.24. The fourth-order valence-corrected chi connectivity index (χ4v) is 5.30. The molecule has 1 aliphatic heterocycles. The summed E-state index contributed by atoms with van der Waals surface area (Å²) in [5.41, 5.74) is 3.29. The predicted molar refractivity (Wildman–Crippen MR) is 148 cm³/mol. The number of aromatic hydroxyl groups is 3. The average Bonchev–Trinajstić information content (AvgIpc) is 3.53. The van der Waals surface area contributed by atoms with Gasteiger partial charge in [0, 0.05) is 11.8 Å². The number of rotatable bonds is 8. The molecule has 5 rings (SSSR count). The van der Waals surface area contributed by atoms with Gasteiger partial charge in [-0.2, -0.15) is 0 Å². The topological polar surface area (TPSA) is 82.5 Å². The molecule has 0 aliphatic carbocycles. The van der Waals surface area contributed by atoms with Crippen LogP contribution in [0.15, 0.2) is 97.1 Å². The van der Waals surface area contributed by atoms with Gasteiger partial charge in [-0.3, -0.25) is 0 Å². The second kappa shape index (κ2) is 9.73. The summed E-state index contributed by atoms with van der Waals surface area (Å²) in [5.74, 6) is 1.10. The van der Waals surface area contributed by atoms with Crippen LogP contribution in [0.1, 0.15) is 61.8 Å². The Balaban J connectivity index is 1.58. The predicted octanol–water partition coefficient (Wildman–Crippen LogP) is 7.10. The molecule has 3 atom stereocenters. The lowest BCUT2D eigenvalue weighted by Crippen LogP contribution is -2.44. The molecule has 0 radical (unpaired) electrons. The van der Waals surface area contributed by atoms with Gasteiger partial charge in [-0.1, -0.05) is 48.5 Å². The Labute approximate surface area is 223 Å². The number of hydrogen-bond donors (Lipinski definition) is 3. The summed E-state index contributed by atoms with van der Waals surface area (Å²) in [6.07, 6.45) is 0.145. The van der Waals surface area contributed by atoms with E-state index in [4.69, 9.17) is 9.47 Å². The summed E-state index contributed by atoms with van der Waals surface area (Å²) < 4.78 is 12.2. The molecule has 4 aromatic rings. The molecule has 0 spiro atoms. The zero-order valence-electron chi connectivity index (χ0n) is 22.1. The normalized spacial score (nSPS) is 19.8. The molecular formula is C33H34O5. The van der Waals surface area contributed by atoms with E-state index in [0.29, 0.717) is 0 Å². The lowest BCUT2D eigenvalue weighted by Gasteiger charge is -2.32. The van der Waals surface area contributed by atoms with Crippen molar-refractivity contribution >= 4 is 0 Å². The van der Waals surface area contributed by atoms with Gasteiger partial charge in [0.15, 0.2) is 0 Å². The van der Waals surface area contributed by atoms with E-state index in [1.807, 2.05) is 48.5 Å². The van der Waals surface area contributed by atoms with Gasteiger partial charge in [0.25, 0.3) is 0 Å². The molecule has 0 aromatic heterocycles. The molecule has 1 aliphatic rings. The minimum atomic E-state index is -0.495. The van der Waals surface area contributed by atoms with Crippen LogP contribution in [-0.4, -0.2) is 32.6 Å². The summed E-state index contributed by atoms with van der Waals surface area (Å²) in [5, 5.41) is 29.9. The van der Waals surface area contributed by atoms with Crippen molar-refractivity contribution in [3.63, 3.8) is 0 Å². The first-order valence-electron chi connectivity index (χ1n) is 12.9. The molecule has 38 heavy (non-hydrogen) atoms. The summed E-state index contributed by atoms with van der Waals surface area (Å²) in [6, 6.07) is 29.9. The Hall–Kier alpha value is -3.96. The molecule has 3 unspecified atom stereocenters. The van der Waals surface area contributed by atoms with Gasteiger partial charge in [-0.25, -0.2) is 0 Å². The Morgan fingerprint density at radius 2 is 0.921 bits per heavy atom. The van der Waals surface area contributed by atoms with Crippen molar-refractivity contribution in [1.29, 1.82) is 0 Å². The van der Waals surface area contributed by atoms with E-state index in [-0.39, 0.29) is 40.8 Å². The lowest BCUT2D eigenvalue weighted by molar-refractivity contribution is 0.0267. The Bertz CT molecular complexity index is 1330. The molecule has 1 fully saturated rings. The molecule has 1 heterocycles. The highest BCUT2D eigenvalue weighted by atomic mass is 16.6. The Kier molecular flexibility index (Phi) is 6.58. The Morgan fingerprint density at radius 3 is 1.21 bits per heavy atom. The number of epoxide rings is 1. The maximum atomic E-state index is 9.99. The molecule has 0 bridgehead atoms. The van der Waals surface area contributed by atoms with Crippen LogP contribution in [0.2, 0.25) is 0 Å². The van der Waals surface area contributed by atoms with Crippen molar-refractivity contribution in [3.05, 3.63) is 119 Å². The molecule has 5 heteroatoms. The summed E-state index contributed by atoms with van der Waals surface area (Å²) >= 11 is 0. The molecule has 4 aromatic carbocycles. The van der Waals surface area contributed by atoms with Crippen molar-refractivity contribution in [1.82, 2.24) is 0 Å². The fraction of sp³-hybridized carbons (Fsp3) is 0.273. The smallest absolute Gasteiger partial charge is 0.134 e. The van der Waals surface area contributed by atoms with Crippen molar-refractivity contribution in [2.45, 2.75) is 56.8 Å².